The Labute approximate surface area is 188 Å². The molecule has 162 valence electrons. The van der Waals surface area contributed by atoms with Crippen LogP contribution in [0.3, 0.4) is 0 Å². The molecule has 0 saturated heterocycles. The molecule has 31 heavy (non-hydrogen) atoms. The number of hydrogen-bond donors (Lipinski definition) is 0. The second-order valence-electron chi connectivity index (χ2n) is 7.26. The van der Waals surface area contributed by atoms with Gasteiger partial charge in [-0.3, -0.25) is 4.98 Å². The average molecular weight is 441 g/mol. The average Bonchev–Trinajstić information content (AvgIpc) is 3.00. The van der Waals surface area contributed by atoms with Gasteiger partial charge in [-0.2, -0.15) is 0 Å². The smallest absolute Gasteiger partial charge is 0.147 e. The molecular weight excluding hydrogens is 415 g/mol. The van der Waals surface area contributed by atoms with Crippen molar-refractivity contribution in [3.8, 4) is 11.5 Å². The van der Waals surface area contributed by atoms with Gasteiger partial charge in [-0.25, -0.2) is 4.39 Å². The second-order valence-corrected chi connectivity index (χ2v) is 7.26. The highest BCUT2D eigenvalue weighted by Gasteiger charge is 2.17. The van der Waals surface area contributed by atoms with Gasteiger partial charge in [-0.1, -0.05) is 30.3 Å². The summed E-state index contributed by atoms with van der Waals surface area (Å²) >= 11 is 0. The van der Waals surface area contributed by atoms with Crippen molar-refractivity contribution < 1.29 is 13.9 Å². The van der Waals surface area contributed by atoms with Gasteiger partial charge >= 0.3 is 0 Å². The number of aromatic nitrogens is 2. The minimum atomic E-state index is -0.234. The van der Waals surface area contributed by atoms with Crippen molar-refractivity contribution in [3.63, 3.8) is 0 Å². The summed E-state index contributed by atoms with van der Waals surface area (Å²) in [7, 11) is 0. The molecule has 0 radical (unpaired) electrons. The maximum absolute atomic E-state index is 13.3. The summed E-state index contributed by atoms with van der Waals surface area (Å²) in [5.41, 5.74) is 6.12. The molecule has 0 atom stereocenters. The van der Waals surface area contributed by atoms with Crippen LogP contribution in [0.5, 0.6) is 11.5 Å². The Morgan fingerprint density at radius 1 is 0.935 bits per heavy atom. The van der Waals surface area contributed by atoms with Crippen LogP contribution in [-0.2, 0) is 13.2 Å². The zero-order chi connectivity index (χ0) is 21.1. The van der Waals surface area contributed by atoms with Crippen molar-refractivity contribution in [3.05, 3.63) is 89.0 Å². The summed E-state index contributed by atoms with van der Waals surface area (Å²) in [5.74, 6) is 1.37. The third kappa shape index (κ3) is 4.67. The molecule has 0 fully saturated rings. The molecule has 4 nitrogen and oxygen atoms in total. The normalized spacial score (nSPS) is 10.7. The lowest BCUT2D eigenvalue weighted by Gasteiger charge is -2.14. The standard InChI is InChI=1S/C25H25FN2O2.ClH/c1-4-29-22-8-6-5-7-20(22)16-30-23-13-14-27-24-17(2)18(3)28(25(23)24)15-19-9-11-21(26)12-10-19;/h5-14H,4,15-16H2,1-3H3;1H. The van der Waals surface area contributed by atoms with Gasteiger partial charge in [0.2, 0.25) is 0 Å². The summed E-state index contributed by atoms with van der Waals surface area (Å²) in [5, 5.41) is 0. The van der Waals surface area contributed by atoms with Crippen LogP contribution < -0.4 is 9.47 Å². The Bertz CT molecular complexity index is 1170. The number of nitrogens with zero attached hydrogens (tertiary/aromatic N) is 2. The third-order valence-electron chi connectivity index (χ3n) is 5.37. The Morgan fingerprint density at radius 2 is 1.68 bits per heavy atom. The molecular formula is C25H26ClFN2O2. The number of aryl methyl sites for hydroxylation is 1. The van der Waals surface area contributed by atoms with Gasteiger partial charge in [-0.05, 0) is 50.1 Å². The minimum absolute atomic E-state index is 0. The molecule has 0 unspecified atom stereocenters. The minimum Gasteiger partial charge on any atom is -0.493 e. The van der Waals surface area contributed by atoms with Crippen molar-refractivity contribution in [2.24, 2.45) is 0 Å². The summed E-state index contributed by atoms with van der Waals surface area (Å²) in [6, 6.07) is 16.4. The quantitative estimate of drug-likeness (QED) is 0.341. The van der Waals surface area contributed by atoms with Gasteiger partial charge in [0.25, 0.3) is 0 Å². The van der Waals surface area contributed by atoms with Crippen molar-refractivity contribution in [2.75, 3.05) is 6.61 Å². The van der Waals surface area contributed by atoms with Crippen LogP contribution in [-0.4, -0.2) is 16.2 Å². The first kappa shape index (κ1) is 22.6. The van der Waals surface area contributed by atoms with Crippen LogP contribution in [0.15, 0.2) is 60.8 Å². The van der Waals surface area contributed by atoms with E-state index in [4.69, 9.17) is 9.47 Å². The number of benzene rings is 2. The number of rotatable bonds is 7. The Kier molecular flexibility index (Phi) is 7.18. The first-order chi connectivity index (χ1) is 14.6. The van der Waals surface area contributed by atoms with Gasteiger partial charge in [0.05, 0.1) is 12.1 Å². The number of fused-ring (bicyclic) bond motifs is 1. The molecule has 6 heteroatoms. The predicted octanol–water partition coefficient (Wildman–Crippen LogP) is 6.24. The number of hydrogen-bond acceptors (Lipinski definition) is 3. The second kappa shape index (κ2) is 9.84. The van der Waals surface area contributed by atoms with Crippen LogP contribution >= 0.6 is 12.4 Å². The molecule has 0 amide bonds. The Balaban J connectivity index is 0.00000272. The van der Waals surface area contributed by atoms with E-state index in [-0.39, 0.29) is 18.2 Å². The van der Waals surface area contributed by atoms with E-state index in [1.807, 2.05) is 49.4 Å². The molecule has 0 aliphatic carbocycles. The predicted molar refractivity (Wildman–Crippen MR) is 124 cm³/mol. The Morgan fingerprint density at radius 3 is 2.42 bits per heavy atom. The van der Waals surface area contributed by atoms with Crippen LogP contribution in [0, 0.1) is 19.7 Å². The van der Waals surface area contributed by atoms with Crippen LogP contribution in [0.1, 0.15) is 29.3 Å². The summed E-state index contributed by atoms with van der Waals surface area (Å²) in [4.78, 5) is 4.60. The van der Waals surface area contributed by atoms with Gasteiger partial charge < -0.3 is 14.0 Å². The first-order valence-electron chi connectivity index (χ1n) is 10.1. The molecule has 0 N–H and O–H groups in total. The largest absolute Gasteiger partial charge is 0.493 e. The third-order valence-corrected chi connectivity index (χ3v) is 5.37. The van der Waals surface area contributed by atoms with E-state index < -0.39 is 0 Å². The fourth-order valence-corrected chi connectivity index (χ4v) is 3.67. The SMILES string of the molecule is CCOc1ccccc1COc1ccnc2c(C)c(C)n(Cc3ccc(F)cc3)c12.Cl. The molecule has 0 saturated carbocycles. The van der Waals surface area contributed by atoms with Crippen molar-refractivity contribution >= 4 is 23.4 Å². The molecule has 0 aliphatic heterocycles. The van der Waals surface area contributed by atoms with E-state index in [1.54, 1.807) is 6.20 Å². The van der Waals surface area contributed by atoms with Crippen molar-refractivity contribution in [2.45, 2.75) is 33.9 Å². The molecule has 4 rings (SSSR count). The highest BCUT2D eigenvalue weighted by molar-refractivity contribution is 5.86. The lowest BCUT2D eigenvalue weighted by atomic mass is 10.2. The van der Waals surface area contributed by atoms with Crippen LogP contribution in [0.25, 0.3) is 11.0 Å². The lowest BCUT2D eigenvalue weighted by molar-refractivity contribution is 0.288. The van der Waals surface area contributed by atoms with Gasteiger partial charge in [-0.15, -0.1) is 12.4 Å². The molecule has 2 heterocycles. The van der Waals surface area contributed by atoms with E-state index in [9.17, 15) is 4.39 Å². The number of pyridine rings is 1. The Hall–Kier alpha value is -3.05. The summed E-state index contributed by atoms with van der Waals surface area (Å²) in [6.07, 6.45) is 1.78. The lowest BCUT2D eigenvalue weighted by Crippen LogP contribution is -2.05. The molecule has 0 aliphatic rings. The zero-order valence-electron chi connectivity index (χ0n) is 17.9. The van der Waals surface area contributed by atoms with E-state index in [1.165, 1.54) is 12.1 Å². The monoisotopic (exact) mass is 440 g/mol. The van der Waals surface area contributed by atoms with Gasteiger partial charge in [0.15, 0.2) is 0 Å². The first-order valence-corrected chi connectivity index (χ1v) is 10.1. The molecule has 4 aromatic rings. The maximum atomic E-state index is 13.3. The number of para-hydroxylation sites is 1. The zero-order valence-corrected chi connectivity index (χ0v) is 18.7. The maximum Gasteiger partial charge on any atom is 0.147 e. The molecule has 2 aromatic carbocycles. The van der Waals surface area contributed by atoms with E-state index in [2.05, 4.69) is 23.4 Å². The van der Waals surface area contributed by atoms with Gasteiger partial charge in [0.1, 0.15) is 29.4 Å². The highest BCUT2D eigenvalue weighted by Crippen LogP contribution is 2.32. The molecule has 2 aromatic heterocycles. The molecule has 0 spiro atoms. The van der Waals surface area contributed by atoms with Crippen LogP contribution in [0.4, 0.5) is 4.39 Å². The number of halogens is 2. The van der Waals surface area contributed by atoms with E-state index in [0.29, 0.717) is 19.8 Å². The van der Waals surface area contributed by atoms with E-state index >= 15 is 0 Å². The summed E-state index contributed by atoms with van der Waals surface area (Å²) < 4.78 is 27.5. The highest BCUT2D eigenvalue weighted by atomic mass is 35.5. The van der Waals surface area contributed by atoms with Gasteiger partial charge in [0, 0.05) is 30.1 Å². The molecule has 0 bridgehead atoms. The van der Waals surface area contributed by atoms with E-state index in [0.717, 1.165) is 44.9 Å². The van der Waals surface area contributed by atoms with Crippen molar-refractivity contribution in [1.29, 1.82) is 0 Å². The van der Waals surface area contributed by atoms with Crippen molar-refractivity contribution in [1.82, 2.24) is 9.55 Å². The topological polar surface area (TPSA) is 36.3 Å². The fraction of sp³-hybridized carbons (Fsp3) is 0.240. The fourth-order valence-electron chi connectivity index (χ4n) is 3.67. The summed E-state index contributed by atoms with van der Waals surface area (Å²) in [6.45, 7) is 7.74. The van der Waals surface area contributed by atoms with Crippen LogP contribution in [0.2, 0.25) is 0 Å². The number of ether oxygens (including phenoxy) is 2.